The molecule has 1 fully saturated rings. The molecule has 1 saturated carbocycles. The number of halogens is 2. The van der Waals surface area contributed by atoms with E-state index in [0.29, 0.717) is 0 Å². The van der Waals surface area contributed by atoms with Gasteiger partial charge in [0.05, 0.1) is 5.54 Å². The largest absolute Gasteiger partial charge is 0.386 e. The van der Waals surface area contributed by atoms with Crippen LogP contribution in [-0.2, 0) is 0 Å². The van der Waals surface area contributed by atoms with E-state index in [1.165, 1.54) is 0 Å². The molecule has 2 nitrogen and oxygen atoms in total. The molecule has 0 aromatic heterocycles. The average molecular weight is 283 g/mol. The molecule has 0 amide bonds. The minimum absolute atomic E-state index is 0.0700. The molecule has 1 aliphatic carbocycles. The predicted octanol–water partition coefficient (Wildman–Crippen LogP) is 3.65. The van der Waals surface area contributed by atoms with Crippen molar-refractivity contribution < 1.29 is 13.9 Å². The molecule has 0 bridgehead atoms. The topological polar surface area (TPSA) is 23.5 Å². The van der Waals surface area contributed by atoms with E-state index in [1.807, 2.05) is 19.0 Å². The van der Waals surface area contributed by atoms with E-state index in [1.54, 1.807) is 0 Å². The minimum Gasteiger partial charge on any atom is -0.386 e. The highest BCUT2D eigenvalue weighted by Crippen LogP contribution is 2.41. The number of aliphatic hydroxyl groups is 1. The molecule has 0 spiro atoms. The van der Waals surface area contributed by atoms with Crippen molar-refractivity contribution in [3.05, 3.63) is 35.4 Å². The molecule has 0 aliphatic heterocycles. The van der Waals surface area contributed by atoms with Gasteiger partial charge < -0.3 is 10.0 Å². The van der Waals surface area contributed by atoms with Crippen molar-refractivity contribution in [3.8, 4) is 0 Å². The Kier molecular flexibility index (Phi) is 4.76. The molecule has 1 N–H and O–H groups in total. The highest BCUT2D eigenvalue weighted by Gasteiger charge is 2.42. The highest BCUT2D eigenvalue weighted by molar-refractivity contribution is 5.24. The van der Waals surface area contributed by atoms with Gasteiger partial charge in [0, 0.05) is 5.56 Å². The Labute approximate surface area is 119 Å². The number of hydrogen-bond acceptors (Lipinski definition) is 2. The lowest BCUT2D eigenvalue weighted by Crippen LogP contribution is -2.49. The van der Waals surface area contributed by atoms with Crippen LogP contribution in [0.15, 0.2) is 18.2 Å². The lowest BCUT2D eigenvalue weighted by Gasteiger charge is -2.43. The quantitative estimate of drug-likeness (QED) is 0.856. The Morgan fingerprint density at radius 1 is 1.10 bits per heavy atom. The average Bonchev–Trinajstić information content (AvgIpc) is 2.67. The number of rotatable bonds is 3. The molecular weight excluding hydrogens is 260 g/mol. The maximum atomic E-state index is 14.0. The SMILES string of the molecule is CN(C)C1(C(O)c2cc(F)ccc2F)CCCCCC1. The van der Waals surface area contributed by atoms with Gasteiger partial charge in [0.25, 0.3) is 0 Å². The fraction of sp³-hybridized carbons (Fsp3) is 0.625. The lowest BCUT2D eigenvalue weighted by atomic mass is 9.80. The Morgan fingerprint density at radius 3 is 2.25 bits per heavy atom. The van der Waals surface area contributed by atoms with Crippen LogP contribution in [0, 0.1) is 11.6 Å². The van der Waals surface area contributed by atoms with Gasteiger partial charge in [-0.25, -0.2) is 8.78 Å². The van der Waals surface area contributed by atoms with Gasteiger partial charge in [0.15, 0.2) is 0 Å². The van der Waals surface area contributed by atoms with Crippen LogP contribution in [0.2, 0.25) is 0 Å². The summed E-state index contributed by atoms with van der Waals surface area (Å²) in [6, 6.07) is 3.30. The summed E-state index contributed by atoms with van der Waals surface area (Å²) in [6.45, 7) is 0. The van der Waals surface area contributed by atoms with Crippen molar-refractivity contribution in [2.45, 2.75) is 50.2 Å². The minimum atomic E-state index is -1.01. The highest BCUT2D eigenvalue weighted by atomic mass is 19.1. The number of hydrogen-bond donors (Lipinski definition) is 1. The number of aliphatic hydroxyl groups excluding tert-OH is 1. The van der Waals surface area contributed by atoms with Crippen molar-refractivity contribution in [2.24, 2.45) is 0 Å². The van der Waals surface area contributed by atoms with E-state index >= 15 is 0 Å². The summed E-state index contributed by atoms with van der Waals surface area (Å²) in [5.74, 6) is -1.05. The van der Waals surface area contributed by atoms with Gasteiger partial charge in [-0.15, -0.1) is 0 Å². The van der Waals surface area contributed by atoms with Gasteiger partial charge in [-0.1, -0.05) is 25.7 Å². The van der Waals surface area contributed by atoms with Crippen LogP contribution in [-0.4, -0.2) is 29.6 Å². The van der Waals surface area contributed by atoms with E-state index in [9.17, 15) is 13.9 Å². The fourth-order valence-electron chi connectivity index (χ4n) is 3.32. The van der Waals surface area contributed by atoms with Gasteiger partial charge in [-0.3, -0.25) is 0 Å². The van der Waals surface area contributed by atoms with Gasteiger partial charge >= 0.3 is 0 Å². The molecule has 2 rings (SSSR count). The van der Waals surface area contributed by atoms with Gasteiger partial charge in [0.1, 0.15) is 17.7 Å². The normalized spacial score (nSPS) is 20.7. The second kappa shape index (κ2) is 6.19. The maximum Gasteiger partial charge on any atom is 0.129 e. The molecule has 20 heavy (non-hydrogen) atoms. The van der Waals surface area contributed by atoms with Gasteiger partial charge in [0.2, 0.25) is 0 Å². The third kappa shape index (κ3) is 2.86. The molecule has 0 radical (unpaired) electrons. The van der Waals surface area contributed by atoms with E-state index in [-0.39, 0.29) is 5.56 Å². The first-order valence-corrected chi connectivity index (χ1v) is 7.28. The summed E-state index contributed by atoms with van der Waals surface area (Å²) in [5, 5.41) is 10.7. The van der Waals surface area contributed by atoms with Crippen molar-refractivity contribution in [2.75, 3.05) is 14.1 Å². The summed E-state index contributed by atoms with van der Waals surface area (Å²) in [7, 11) is 3.82. The third-order valence-electron chi connectivity index (χ3n) is 4.62. The molecule has 1 unspecified atom stereocenters. The van der Waals surface area contributed by atoms with Crippen LogP contribution in [0.3, 0.4) is 0 Å². The summed E-state index contributed by atoms with van der Waals surface area (Å²) in [6.07, 6.45) is 4.88. The second-order valence-corrected chi connectivity index (χ2v) is 5.98. The zero-order valence-corrected chi connectivity index (χ0v) is 12.2. The molecule has 1 atom stereocenters. The van der Waals surface area contributed by atoms with Crippen LogP contribution in [0.5, 0.6) is 0 Å². The summed E-state index contributed by atoms with van der Waals surface area (Å²) in [5.41, 5.74) is -0.439. The molecular formula is C16H23F2NO. The fourth-order valence-corrected chi connectivity index (χ4v) is 3.32. The Hall–Kier alpha value is -1.00. The first-order valence-electron chi connectivity index (χ1n) is 7.28. The van der Waals surface area contributed by atoms with Crippen LogP contribution < -0.4 is 0 Å². The lowest BCUT2D eigenvalue weighted by molar-refractivity contribution is -0.0218. The van der Waals surface area contributed by atoms with E-state index in [2.05, 4.69) is 0 Å². The van der Waals surface area contributed by atoms with E-state index in [4.69, 9.17) is 0 Å². The molecule has 1 aromatic carbocycles. The van der Waals surface area contributed by atoms with Gasteiger partial charge in [-0.05, 0) is 45.1 Å². The predicted molar refractivity (Wildman–Crippen MR) is 75.4 cm³/mol. The van der Waals surface area contributed by atoms with Crippen molar-refractivity contribution >= 4 is 0 Å². The zero-order valence-electron chi connectivity index (χ0n) is 12.2. The molecule has 0 saturated heterocycles. The summed E-state index contributed by atoms with van der Waals surface area (Å²) < 4.78 is 27.4. The first kappa shape index (κ1) is 15.4. The van der Waals surface area contributed by atoms with Crippen LogP contribution in [0.25, 0.3) is 0 Å². The number of benzene rings is 1. The Morgan fingerprint density at radius 2 is 1.70 bits per heavy atom. The van der Waals surface area contributed by atoms with Gasteiger partial charge in [-0.2, -0.15) is 0 Å². The molecule has 1 aromatic rings. The number of likely N-dealkylation sites (N-methyl/N-ethyl adjacent to an activating group) is 1. The van der Waals surface area contributed by atoms with E-state index in [0.717, 1.165) is 56.7 Å². The monoisotopic (exact) mass is 283 g/mol. The Balaban J connectivity index is 2.40. The standard InChI is InChI=1S/C16H23F2NO/c1-19(2)16(9-5-3-4-6-10-16)15(20)13-11-12(17)7-8-14(13)18/h7-8,11,15,20H,3-6,9-10H2,1-2H3. The molecule has 112 valence electrons. The second-order valence-electron chi connectivity index (χ2n) is 5.98. The number of nitrogens with zero attached hydrogens (tertiary/aromatic N) is 1. The summed E-state index contributed by atoms with van der Waals surface area (Å²) in [4.78, 5) is 1.98. The smallest absolute Gasteiger partial charge is 0.129 e. The summed E-state index contributed by atoms with van der Waals surface area (Å²) >= 11 is 0. The first-order chi connectivity index (χ1) is 9.47. The van der Waals surface area contributed by atoms with Crippen molar-refractivity contribution in [1.82, 2.24) is 4.90 Å². The third-order valence-corrected chi connectivity index (χ3v) is 4.62. The molecule has 0 heterocycles. The zero-order chi connectivity index (χ0) is 14.8. The van der Waals surface area contributed by atoms with Crippen LogP contribution >= 0.6 is 0 Å². The van der Waals surface area contributed by atoms with Crippen LogP contribution in [0.4, 0.5) is 8.78 Å². The molecule has 1 aliphatic rings. The van der Waals surface area contributed by atoms with E-state index < -0.39 is 23.3 Å². The van der Waals surface area contributed by atoms with Crippen LogP contribution in [0.1, 0.15) is 50.2 Å². The molecule has 4 heteroatoms. The Bertz CT molecular complexity index is 454. The van der Waals surface area contributed by atoms with Crippen molar-refractivity contribution in [3.63, 3.8) is 0 Å². The maximum absolute atomic E-state index is 14.0. The van der Waals surface area contributed by atoms with Crippen molar-refractivity contribution in [1.29, 1.82) is 0 Å².